The zero-order valence-corrected chi connectivity index (χ0v) is 16.9. The normalized spacial score (nSPS) is 12.3. The van der Waals surface area contributed by atoms with Crippen molar-refractivity contribution in [1.82, 2.24) is 9.78 Å². The Kier molecular flexibility index (Phi) is 4.79. The molecule has 0 aliphatic carbocycles. The molecular weight excluding hydrogens is 368 g/mol. The number of aliphatic hydroxyl groups excluding tert-OH is 1. The number of rotatable bonds is 4. The first-order chi connectivity index (χ1) is 13.4. The van der Waals surface area contributed by atoms with E-state index in [9.17, 15) is 10.2 Å². The molecule has 2 N–H and O–H groups in total. The SMILES string of the molecule is Cc1cc(-c2ccc(-c3cc(C(C)O)nn3-c3ccccc3C)s2)ccc1O. The molecule has 0 saturated heterocycles. The summed E-state index contributed by atoms with van der Waals surface area (Å²) >= 11 is 1.67. The van der Waals surface area contributed by atoms with E-state index in [0.717, 1.165) is 37.8 Å². The van der Waals surface area contributed by atoms with Crippen molar-refractivity contribution >= 4 is 11.3 Å². The summed E-state index contributed by atoms with van der Waals surface area (Å²) < 4.78 is 1.91. The molecule has 4 nitrogen and oxygen atoms in total. The van der Waals surface area contributed by atoms with Crippen molar-refractivity contribution in [2.45, 2.75) is 26.9 Å². The molecule has 0 fully saturated rings. The maximum Gasteiger partial charge on any atom is 0.118 e. The summed E-state index contributed by atoms with van der Waals surface area (Å²) in [4.78, 5) is 2.19. The molecule has 2 heterocycles. The summed E-state index contributed by atoms with van der Waals surface area (Å²) in [6, 6.07) is 19.9. The van der Waals surface area contributed by atoms with Crippen LogP contribution in [0.5, 0.6) is 5.75 Å². The predicted molar refractivity (Wildman–Crippen MR) is 114 cm³/mol. The smallest absolute Gasteiger partial charge is 0.118 e. The lowest BCUT2D eigenvalue weighted by Gasteiger charge is -2.09. The second-order valence-electron chi connectivity index (χ2n) is 6.99. The monoisotopic (exact) mass is 390 g/mol. The Morgan fingerprint density at radius 1 is 0.929 bits per heavy atom. The highest BCUT2D eigenvalue weighted by molar-refractivity contribution is 7.18. The van der Waals surface area contributed by atoms with Crippen LogP contribution in [0.1, 0.15) is 29.8 Å². The van der Waals surface area contributed by atoms with E-state index in [0.29, 0.717) is 11.4 Å². The van der Waals surface area contributed by atoms with Crippen LogP contribution in [0.3, 0.4) is 0 Å². The molecule has 0 spiro atoms. The first kappa shape index (κ1) is 18.5. The van der Waals surface area contributed by atoms with Crippen molar-refractivity contribution in [2.24, 2.45) is 0 Å². The van der Waals surface area contributed by atoms with Gasteiger partial charge in [0, 0.05) is 4.88 Å². The number of hydrogen-bond acceptors (Lipinski definition) is 4. The molecule has 1 unspecified atom stereocenters. The number of phenols is 1. The fourth-order valence-electron chi connectivity index (χ4n) is 3.20. The highest BCUT2D eigenvalue weighted by Crippen LogP contribution is 2.37. The van der Waals surface area contributed by atoms with Gasteiger partial charge in [0.1, 0.15) is 5.75 Å². The first-order valence-corrected chi connectivity index (χ1v) is 10.00. The number of aliphatic hydroxyl groups is 1. The molecule has 0 amide bonds. The number of aryl methyl sites for hydroxylation is 2. The van der Waals surface area contributed by atoms with Gasteiger partial charge in [-0.2, -0.15) is 5.10 Å². The van der Waals surface area contributed by atoms with Crippen LogP contribution in [0.2, 0.25) is 0 Å². The Bertz CT molecular complexity index is 1140. The summed E-state index contributed by atoms with van der Waals surface area (Å²) in [5.41, 5.74) is 5.65. The summed E-state index contributed by atoms with van der Waals surface area (Å²) in [6.07, 6.45) is -0.636. The van der Waals surface area contributed by atoms with Gasteiger partial charge in [0.2, 0.25) is 0 Å². The van der Waals surface area contributed by atoms with Gasteiger partial charge in [-0.3, -0.25) is 0 Å². The molecule has 0 aliphatic rings. The molecule has 2 aromatic carbocycles. The summed E-state index contributed by atoms with van der Waals surface area (Å²) in [7, 11) is 0. The zero-order chi connectivity index (χ0) is 19.8. The van der Waals surface area contributed by atoms with E-state index in [4.69, 9.17) is 0 Å². The van der Waals surface area contributed by atoms with Gasteiger partial charge in [-0.15, -0.1) is 11.3 Å². The molecule has 0 radical (unpaired) electrons. The van der Waals surface area contributed by atoms with Crippen LogP contribution in [-0.4, -0.2) is 20.0 Å². The second-order valence-corrected chi connectivity index (χ2v) is 8.08. The largest absolute Gasteiger partial charge is 0.508 e. The van der Waals surface area contributed by atoms with Gasteiger partial charge in [0.25, 0.3) is 0 Å². The molecule has 0 saturated carbocycles. The Labute approximate surface area is 168 Å². The maximum absolute atomic E-state index is 10.1. The van der Waals surface area contributed by atoms with Crippen molar-refractivity contribution in [2.75, 3.05) is 0 Å². The number of benzene rings is 2. The number of phenolic OH excluding ortho intramolecular Hbond substituents is 1. The average Bonchev–Trinajstić information content (AvgIpc) is 3.31. The minimum Gasteiger partial charge on any atom is -0.508 e. The van der Waals surface area contributed by atoms with Crippen molar-refractivity contribution < 1.29 is 10.2 Å². The molecule has 4 aromatic rings. The van der Waals surface area contributed by atoms with Gasteiger partial charge in [0.15, 0.2) is 0 Å². The van der Waals surface area contributed by atoms with Gasteiger partial charge in [-0.05, 0) is 79.9 Å². The highest BCUT2D eigenvalue weighted by Gasteiger charge is 2.17. The van der Waals surface area contributed by atoms with Crippen LogP contribution in [0.4, 0.5) is 0 Å². The van der Waals surface area contributed by atoms with Gasteiger partial charge in [0.05, 0.1) is 28.1 Å². The van der Waals surface area contributed by atoms with Crippen LogP contribution in [-0.2, 0) is 0 Å². The molecule has 2 aromatic heterocycles. The van der Waals surface area contributed by atoms with Gasteiger partial charge < -0.3 is 10.2 Å². The number of aromatic hydroxyl groups is 1. The van der Waals surface area contributed by atoms with Crippen LogP contribution >= 0.6 is 11.3 Å². The minimum atomic E-state index is -0.636. The number of thiophene rings is 1. The summed E-state index contributed by atoms with van der Waals surface area (Å²) in [6.45, 7) is 5.69. The van der Waals surface area contributed by atoms with Crippen LogP contribution < -0.4 is 0 Å². The molecule has 0 bridgehead atoms. The minimum absolute atomic E-state index is 0.305. The quantitative estimate of drug-likeness (QED) is 0.474. The molecule has 0 aliphatic heterocycles. The Morgan fingerprint density at radius 3 is 2.39 bits per heavy atom. The van der Waals surface area contributed by atoms with Crippen LogP contribution in [0, 0.1) is 13.8 Å². The molecule has 28 heavy (non-hydrogen) atoms. The third kappa shape index (κ3) is 3.35. The van der Waals surface area contributed by atoms with Gasteiger partial charge in [-0.1, -0.05) is 18.2 Å². The standard InChI is InChI=1S/C23H22N2O2S/c1-14-6-4-5-7-19(14)25-20(13-18(24-25)16(3)26)23-11-10-22(28-23)17-8-9-21(27)15(2)12-17/h4-13,16,26-27H,1-3H3. The fourth-order valence-corrected chi connectivity index (χ4v) is 4.21. The summed E-state index contributed by atoms with van der Waals surface area (Å²) in [5, 5.41) is 24.5. The Morgan fingerprint density at radius 2 is 1.68 bits per heavy atom. The third-order valence-corrected chi connectivity index (χ3v) is 6.00. The Balaban J connectivity index is 1.82. The maximum atomic E-state index is 10.1. The van der Waals surface area contributed by atoms with Crippen molar-refractivity contribution in [3.8, 4) is 32.4 Å². The lowest BCUT2D eigenvalue weighted by Crippen LogP contribution is -2.02. The second kappa shape index (κ2) is 7.26. The number of nitrogens with zero attached hydrogens (tertiary/aromatic N) is 2. The van der Waals surface area contributed by atoms with Crippen LogP contribution in [0.25, 0.3) is 26.7 Å². The molecule has 142 valence electrons. The fraction of sp³-hybridized carbons (Fsp3) is 0.174. The van der Waals surface area contributed by atoms with E-state index in [1.165, 1.54) is 0 Å². The van der Waals surface area contributed by atoms with E-state index < -0.39 is 6.10 Å². The third-order valence-electron chi connectivity index (χ3n) is 4.84. The average molecular weight is 391 g/mol. The Hall–Kier alpha value is -2.89. The number of para-hydroxylation sites is 1. The van der Waals surface area contributed by atoms with Crippen molar-refractivity contribution in [1.29, 1.82) is 0 Å². The van der Waals surface area contributed by atoms with E-state index in [1.807, 2.05) is 48.0 Å². The van der Waals surface area contributed by atoms with Crippen molar-refractivity contribution in [3.05, 3.63) is 77.5 Å². The number of aromatic nitrogens is 2. The van der Waals surface area contributed by atoms with E-state index >= 15 is 0 Å². The predicted octanol–water partition coefficient (Wildman–Crippen LogP) is 5.64. The molecule has 1 atom stereocenters. The molecular formula is C23H22N2O2S. The number of hydrogen-bond donors (Lipinski definition) is 2. The topological polar surface area (TPSA) is 58.3 Å². The first-order valence-electron chi connectivity index (χ1n) is 9.18. The van der Waals surface area contributed by atoms with Crippen molar-refractivity contribution in [3.63, 3.8) is 0 Å². The molecule has 4 rings (SSSR count). The lowest BCUT2D eigenvalue weighted by atomic mass is 10.1. The van der Waals surface area contributed by atoms with Gasteiger partial charge >= 0.3 is 0 Å². The summed E-state index contributed by atoms with van der Waals surface area (Å²) in [5.74, 6) is 0.305. The van der Waals surface area contributed by atoms with E-state index in [2.05, 4.69) is 30.2 Å². The zero-order valence-electron chi connectivity index (χ0n) is 16.0. The highest BCUT2D eigenvalue weighted by atomic mass is 32.1. The van der Waals surface area contributed by atoms with Gasteiger partial charge in [-0.25, -0.2) is 4.68 Å². The molecule has 5 heteroatoms. The van der Waals surface area contributed by atoms with E-state index in [1.54, 1.807) is 24.3 Å². The van der Waals surface area contributed by atoms with Crippen LogP contribution in [0.15, 0.2) is 60.7 Å². The lowest BCUT2D eigenvalue weighted by molar-refractivity contribution is 0.193. The van der Waals surface area contributed by atoms with E-state index in [-0.39, 0.29) is 0 Å².